The Kier molecular flexibility index (Phi) is 4.35. The van der Waals surface area contributed by atoms with E-state index >= 15 is 0 Å². The molecule has 0 aliphatic carbocycles. The van der Waals surface area contributed by atoms with Gasteiger partial charge in [0.05, 0.1) is 0 Å². The number of anilines is 1. The summed E-state index contributed by atoms with van der Waals surface area (Å²) in [4.78, 5) is 5.00. The average Bonchev–Trinajstić information content (AvgIpc) is 2.34. The number of oxime groups is 1. The van der Waals surface area contributed by atoms with Gasteiger partial charge in [0.2, 0.25) is 0 Å². The average molecular weight is 262 g/mol. The van der Waals surface area contributed by atoms with Crippen molar-refractivity contribution in [2.45, 2.75) is 12.6 Å². The third kappa shape index (κ3) is 3.79. The number of halogens is 3. The summed E-state index contributed by atoms with van der Waals surface area (Å²) >= 11 is 0. The van der Waals surface area contributed by atoms with Gasteiger partial charge in [0.1, 0.15) is 17.3 Å². The summed E-state index contributed by atoms with van der Waals surface area (Å²) in [5, 5.41) is 11.1. The largest absolute Gasteiger partial charge is 0.433 e. The van der Waals surface area contributed by atoms with E-state index in [0.29, 0.717) is 6.54 Å². The summed E-state index contributed by atoms with van der Waals surface area (Å²) in [7, 11) is 1.58. The van der Waals surface area contributed by atoms with Crippen molar-refractivity contribution in [3.8, 4) is 0 Å². The number of pyridine rings is 1. The normalized spacial score (nSPS) is 12.6. The summed E-state index contributed by atoms with van der Waals surface area (Å²) < 4.78 is 37.3. The highest BCUT2D eigenvalue weighted by Gasteiger charge is 2.32. The first-order chi connectivity index (χ1) is 8.34. The zero-order valence-corrected chi connectivity index (χ0v) is 9.65. The molecule has 0 amide bonds. The van der Waals surface area contributed by atoms with Crippen LogP contribution in [0, 0.1) is 0 Å². The molecule has 0 radical (unpaired) electrons. The van der Waals surface area contributed by atoms with Crippen molar-refractivity contribution in [1.82, 2.24) is 4.98 Å². The van der Waals surface area contributed by atoms with Crippen LogP contribution in [0.15, 0.2) is 23.4 Å². The fourth-order valence-electron chi connectivity index (χ4n) is 1.24. The Balaban J connectivity index is 2.77. The van der Waals surface area contributed by atoms with Gasteiger partial charge in [-0.25, -0.2) is 4.98 Å². The van der Waals surface area contributed by atoms with Crippen LogP contribution in [0.5, 0.6) is 0 Å². The van der Waals surface area contributed by atoms with Crippen LogP contribution in [0.25, 0.3) is 0 Å². The maximum Gasteiger partial charge on any atom is 0.433 e. The maximum absolute atomic E-state index is 12.4. The minimum atomic E-state index is -4.47. The van der Waals surface area contributed by atoms with E-state index in [-0.39, 0.29) is 18.1 Å². The molecule has 0 fully saturated rings. The minimum Gasteiger partial charge on any atom is -0.409 e. The summed E-state index contributed by atoms with van der Waals surface area (Å²) in [5.41, 5.74) is 4.32. The molecule has 0 saturated carbocycles. The Morgan fingerprint density at radius 1 is 1.50 bits per heavy atom. The summed E-state index contributed by atoms with van der Waals surface area (Å²) in [6.45, 7) is 0.296. The maximum atomic E-state index is 12.4. The fourth-order valence-corrected chi connectivity index (χ4v) is 1.24. The second kappa shape index (κ2) is 5.56. The topological polar surface area (TPSA) is 74.7 Å². The molecule has 18 heavy (non-hydrogen) atoms. The summed E-state index contributed by atoms with van der Waals surface area (Å²) in [5.74, 6) is 0.185. The molecule has 0 bridgehead atoms. The number of aromatic nitrogens is 1. The highest BCUT2D eigenvalue weighted by atomic mass is 19.4. The predicted octanol–water partition coefficient (Wildman–Crippen LogP) is 1.67. The molecule has 0 aliphatic rings. The standard InChI is InChI=1S/C10H13F3N4O/c1-17(6-5-8(14)16-18)9-4-2-3-7(15-9)10(11,12)13/h2-4,18H,5-6H2,1H3,(H2,14,16). The number of amidine groups is 1. The first-order valence-corrected chi connectivity index (χ1v) is 5.06. The second-order valence-corrected chi connectivity index (χ2v) is 3.64. The lowest BCUT2D eigenvalue weighted by molar-refractivity contribution is -0.141. The van der Waals surface area contributed by atoms with Crippen molar-refractivity contribution in [2.24, 2.45) is 10.9 Å². The molecule has 8 heteroatoms. The molecular formula is C10H13F3N4O. The van der Waals surface area contributed by atoms with Gasteiger partial charge in [-0.2, -0.15) is 13.2 Å². The highest BCUT2D eigenvalue weighted by Crippen LogP contribution is 2.28. The van der Waals surface area contributed by atoms with Gasteiger partial charge >= 0.3 is 6.18 Å². The molecule has 1 aromatic heterocycles. The van der Waals surface area contributed by atoms with Gasteiger partial charge in [-0.15, -0.1) is 0 Å². The van der Waals surface area contributed by atoms with Crippen molar-refractivity contribution < 1.29 is 18.4 Å². The van der Waals surface area contributed by atoms with Gasteiger partial charge < -0.3 is 15.8 Å². The van der Waals surface area contributed by atoms with E-state index in [9.17, 15) is 13.2 Å². The zero-order chi connectivity index (χ0) is 13.8. The summed E-state index contributed by atoms with van der Waals surface area (Å²) in [6.07, 6.45) is -4.24. The molecule has 1 aromatic rings. The van der Waals surface area contributed by atoms with Crippen LogP contribution in [0.2, 0.25) is 0 Å². The van der Waals surface area contributed by atoms with Crippen LogP contribution >= 0.6 is 0 Å². The molecule has 0 saturated heterocycles. The van der Waals surface area contributed by atoms with Crippen LogP contribution in [-0.4, -0.2) is 29.6 Å². The van der Waals surface area contributed by atoms with E-state index < -0.39 is 11.9 Å². The smallest absolute Gasteiger partial charge is 0.409 e. The molecule has 0 unspecified atom stereocenters. The van der Waals surface area contributed by atoms with Gasteiger partial charge in [0.25, 0.3) is 0 Å². The molecule has 0 aliphatic heterocycles. The van der Waals surface area contributed by atoms with Crippen molar-refractivity contribution in [3.63, 3.8) is 0 Å². The lowest BCUT2D eigenvalue weighted by Crippen LogP contribution is -2.25. The van der Waals surface area contributed by atoms with Gasteiger partial charge in [0.15, 0.2) is 0 Å². The van der Waals surface area contributed by atoms with Crippen LogP contribution in [0.1, 0.15) is 12.1 Å². The van der Waals surface area contributed by atoms with Crippen LogP contribution in [-0.2, 0) is 6.18 Å². The molecule has 1 rings (SSSR count). The number of alkyl halides is 3. The van der Waals surface area contributed by atoms with Crippen molar-refractivity contribution in [1.29, 1.82) is 0 Å². The van der Waals surface area contributed by atoms with Gasteiger partial charge in [-0.05, 0) is 12.1 Å². The fraction of sp³-hybridized carbons (Fsp3) is 0.400. The first-order valence-electron chi connectivity index (χ1n) is 5.06. The molecule has 0 aromatic carbocycles. The van der Waals surface area contributed by atoms with E-state index in [1.807, 2.05) is 0 Å². The van der Waals surface area contributed by atoms with E-state index in [0.717, 1.165) is 6.07 Å². The lowest BCUT2D eigenvalue weighted by atomic mass is 10.3. The molecule has 3 N–H and O–H groups in total. The van der Waals surface area contributed by atoms with Crippen LogP contribution < -0.4 is 10.6 Å². The van der Waals surface area contributed by atoms with Gasteiger partial charge in [-0.1, -0.05) is 11.2 Å². The third-order valence-electron chi connectivity index (χ3n) is 2.25. The Hall–Kier alpha value is -1.99. The first kappa shape index (κ1) is 14.1. The van der Waals surface area contributed by atoms with Crippen molar-refractivity contribution in [3.05, 3.63) is 23.9 Å². The van der Waals surface area contributed by atoms with E-state index in [1.165, 1.54) is 17.0 Å². The number of rotatable bonds is 4. The molecule has 5 nitrogen and oxygen atoms in total. The van der Waals surface area contributed by atoms with Crippen LogP contribution in [0.3, 0.4) is 0 Å². The number of hydrogen-bond acceptors (Lipinski definition) is 4. The highest BCUT2D eigenvalue weighted by molar-refractivity contribution is 5.80. The molecule has 0 atom stereocenters. The number of hydrogen-bond donors (Lipinski definition) is 2. The van der Waals surface area contributed by atoms with E-state index in [1.54, 1.807) is 7.05 Å². The Morgan fingerprint density at radius 3 is 2.72 bits per heavy atom. The van der Waals surface area contributed by atoms with Gasteiger partial charge in [0, 0.05) is 20.0 Å². The minimum absolute atomic E-state index is 0.00817. The Bertz CT molecular complexity index is 433. The molecular weight excluding hydrogens is 249 g/mol. The monoisotopic (exact) mass is 262 g/mol. The van der Waals surface area contributed by atoms with Crippen LogP contribution in [0.4, 0.5) is 19.0 Å². The quantitative estimate of drug-likeness (QED) is 0.374. The second-order valence-electron chi connectivity index (χ2n) is 3.64. The Morgan fingerprint density at radius 2 is 2.17 bits per heavy atom. The number of nitrogens with two attached hydrogens (primary N) is 1. The number of nitrogens with zero attached hydrogens (tertiary/aromatic N) is 3. The molecule has 1 heterocycles. The van der Waals surface area contributed by atoms with E-state index in [2.05, 4.69) is 10.1 Å². The Labute approximate surface area is 102 Å². The molecule has 0 spiro atoms. The lowest BCUT2D eigenvalue weighted by Gasteiger charge is -2.18. The summed E-state index contributed by atoms with van der Waals surface area (Å²) in [6, 6.07) is 3.65. The molecule has 100 valence electrons. The predicted molar refractivity (Wildman–Crippen MR) is 60.5 cm³/mol. The zero-order valence-electron chi connectivity index (χ0n) is 9.65. The SMILES string of the molecule is CN(CCC(N)=NO)c1cccc(C(F)(F)F)n1. The van der Waals surface area contributed by atoms with Gasteiger partial charge in [-0.3, -0.25) is 0 Å². The van der Waals surface area contributed by atoms with Crippen molar-refractivity contribution >= 4 is 11.7 Å². The van der Waals surface area contributed by atoms with Crippen molar-refractivity contribution in [2.75, 3.05) is 18.5 Å². The van der Waals surface area contributed by atoms with E-state index in [4.69, 9.17) is 10.9 Å². The third-order valence-corrected chi connectivity index (χ3v) is 2.25.